The minimum atomic E-state index is -3.60. The highest BCUT2D eigenvalue weighted by molar-refractivity contribution is 7.89. The Hall–Kier alpha value is -2.23. The normalized spacial score (nSPS) is 19.2. The molecule has 1 fully saturated rings. The van der Waals surface area contributed by atoms with Crippen molar-refractivity contribution < 1.29 is 22.7 Å². The molecular formula is C25H32N2O5S2. The number of ether oxygens (including phenoxy) is 1. The molecule has 4 rings (SSSR count). The van der Waals surface area contributed by atoms with Crippen LogP contribution in [0.25, 0.3) is 0 Å². The molecule has 2 aliphatic rings. The van der Waals surface area contributed by atoms with Gasteiger partial charge < -0.3 is 10.1 Å². The molecule has 0 radical (unpaired) electrons. The van der Waals surface area contributed by atoms with E-state index < -0.39 is 16.0 Å². The molecule has 1 saturated heterocycles. The minimum absolute atomic E-state index is 0.0305. The smallest absolute Gasteiger partial charge is 0.341 e. The molecule has 1 unspecified atom stereocenters. The predicted molar refractivity (Wildman–Crippen MR) is 133 cm³/mol. The van der Waals surface area contributed by atoms with Crippen molar-refractivity contribution in [3.63, 3.8) is 0 Å². The summed E-state index contributed by atoms with van der Waals surface area (Å²) in [7, 11) is -3.60. The first-order valence-electron chi connectivity index (χ1n) is 12.1. The van der Waals surface area contributed by atoms with Crippen LogP contribution in [0.5, 0.6) is 0 Å². The van der Waals surface area contributed by atoms with Crippen LogP contribution in [-0.2, 0) is 27.6 Å². The molecule has 184 valence electrons. The number of rotatable bonds is 6. The number of esters is 1. The Morgan fingerprint density at radius 2 is 1.82 bits per heavy atom. The largest absolute Gasteiger partial charge is 0.462 e. The molecule has 9 heteroatoms. The SMILES string of the molecule is CCOC(=O)c1c(NC(=O)c2ccc(S(=O)(=O)N3CCCCC3C)cc2)sc2c1CCCCC2. The highest BCUT2D eigenvalue weighted by atomic mass is 32.2. The predicted octanol–water partition coefficient (Wildman–Crippen LogP) is 5.01. The number of amides is 1. The molecule has 1 aliphatic carbocycles. The number of benzene rings is 1. The molecule has 1 aromatic carbocycles. The van der Waals surface area contributed by atoms with Crippen molar-refractivity contribution in [1.82, 2.24) is 4.31 Å². The molecule has 1 atom stereocenters. The average molecular weight is 505 g/mol. The third-order valence-corrected chi connectivity index (χ3v) is 9.83. The lowest BCUT2D eigenvalue weighted by Gasteiger charge is -2.32. The quantitative estimate of drug-likeness (QED) is 0.441. The van der Waals surface area contributed by atoms with E-state index in [-0.39, 0.29) is 23.5 Å². The molecule has 0 saturated carbocycles. The fraction of sp³-hybridized carbons (Fsp3) is 0.520. The maximum absolute atomic E-state index is 13.1. The second kappa shape index (κ2) is 10.6. The molecule has 2 aromatic rings. The molecular weight excluding hydrogens is 472 g/mol. The number of aryl methyl sites for hydroxylation is 1. The van der Waals surface area contributed by atoms with Crippen molar-refractivity contribution in [2.24, 2.45) is 0 Å². The number of piperidine rings is 1. The van der Waals surface area contributed by atoms with Crippen molar-refractivity contribution in [2.45, 2.75) is 76.2 Å². The van der Waals surface area contributed by atoms with Gasteiger partial charge in [-0.15, -0.1) is 11.3 Å². The van der Waals surface area contributed by atoms with E-state index in [1.165, 1.54) is 35.6 Å². The van der Waals surface area contributed by atoms with Gasteiger partial charge in [0.15, 0.2) is 0 Å². The number of carbonyl (C=O) groups excluding carboxylic acids is 2. The Kier molecular flexibility index (Phi) is 7.74. The van der Waals surface area contributed by atoms with Crippen molar-refractivity contribution in [3.8, 4) is 0 Å². The van der Waals surface area contributed by atoms with E-state index in [2.05, 4.69) is 5.32 Å². The van der Waals surface area contributed by atoms with E-state index in [0.29, 0.717) is 22.7 Å². The van der Waals surface area contributed by atoms with Crippen LogP contribution in [0.4, 0.5) is 5.00 Å². The van der Waals surface area contributed by atoms with Gasteiger partial charge in [-0.1, -0.05) is 12.8 Å². The van der Waals surface area contributed by atoms with E-state index >= 15 is 0 Å². The maximum atomic E-state index is 13.1. The van der Waals surface area contributed by atoms with Crippen LogP contribution in [-0.4, -0.2) is 43.8 Å². The number of hydrogen-bond acceptors (Lipinski definition) is 6. The van der Waals surface area contributed by atoms with Crippen molar-refractivity contribution in [1.29, 1.82) is 0 Å². The van der Waals surface area contributed by atoms with Crippen LogP contribution >= 0.6 is 11.3 Å². The van der Waals surface area contributed by atoms with Crippen LogP contribution in [0, 0.1) is 0 Å². The summed E-state index contributed by atoms with van der Waals surface area (Å²) in [5.74, 6) is -0.786. The van der Waals surface area contributed by atoms with Crippen LogP contribution in [0.3, 0.4) is 0 Å². The fourth-order valence-corrected chi connectivity index (χ4v) is 7.74. The molecule has 1 amide bonds. The van der Waals surface area contributed by atoms with Crippen LogP contribution < -0.4 is 5.32 Å². The molecule has 2 heterocycles. The molecule has 34 heavy (non-hydrogen) atoms. The number of sulfonamides is 1. The van der Waals surface area contributed by atoms with E-state index in [9.17, 15) is 18.0 Å². The van der Waals surface area contributed by atoms with E-state index in [1.54, 1.807) is 11.2 Å². The molecule has 1 aromatic heterocycles. The number of anilines is 1. The van der Waals surface area contributed by atoms with Crippen LogP contribution in [0.2, 0.25) is 0 Å². The second-order valence-corrected chi connectivity index (χ2v) is 11.9. The van der Waals surface area contributed by atoms with E-state index in [1.807, 2.05) is 6.92 Å². The number of carbonyl (C=O) groups is 2. The van der Waals surface area contributed by atoms with Crippen LogP contribution in [0.1, 0.15) is 83.5 Å². The maximum Gasteiger partial charge on any atom is 0.341 e. The Labute approximate surface area is 205 Å². The Morgan fingerprint density at radius 3 is 2.53 bits per heavy atom. The molecule has 0 spiro atoms. The number of fused-ring (bicyclic) bond motifs is 1. The third-order valence-electron chi connectivity index (χ3n) is 6.59. The number of nitrogens with one attached hydrogen (secondary N) is 1. The molecule has 7 nitrogen and oxygen atoms in total. The number of thiophene rings is 1. The topological polar surface area (TPSA) is 92.8 Å². The summed E-state index contributed by atoms with van der Waals surface area (Å²) in [5.41, 5.74) is 1.80. The zero-order valence-electron chi connectivity index (χ0n) is 19.8. The summed E-state index contributed by atoms with van der Waals surface area (Å²) in [5, 5.41) is 3.40. The Morgan fingerprint density at radius 1 is 1.09 bits per heavy atom. The van der Waals surface area contributed by atoms with Gasteiger partial charge in [0.1, 0.15) is 5.00 Å². The molecule has 0 bridgehead atoms. The van der Waals surface area contributed by atoms with Gasteiger partial charge in [0.2, 0.25) is 10.0 Å². The molecule has 1 N–H and O–H groups in total. The lowest BCUT2D eigenvalue weighted by atomic mass is 10.1. The monoisotopic (exact) mass is 504 g/mol. The first-order chi connectivity index (χ1) is 16.3. The number of hydrogen-bond donors (Lipinski definition) is 1. The van der Waals surface area contributed by atoms with Gasteiger partial charge in [-0.3, -0.25) is 4.79 Å². The highest BCUT2D eigenvalue weighted by Gasteiger charge is 2.31. The average Bonchev–Trinajstić information content (AvgIpc) is 2.99. The summed E-state index contributed by atoms with van der Waals surface area (Å²) in [4.78, 5) is 27.1. The summed E-state index contributed by atoms with van der Waals surface area (Å²) >= 11 is 1.44. The first kappa shape index (κ1) is 24.9. The lowest BCUT2D eigenvalue weighted by molar-refractivity contribution is 0.0527. The highest BCUT2D eigenvalue weighted by Crippen LogP contribution is 2.38. The Bertz CT molecular complexity index is 1150. The van der Waals surface area contributed by atoms with Gasteiger partial charge in [-0.2, -0.15) is 4.31 Å². The van der Waals surface area contributed by atoms with Gasteiger partial charge >= 0.3 is 5.97 Å². The van der Waals surface area contributed by atoms with E-state index in [4.69, 9.17) is 4.74 Å². The van der Waals surface area contributed by atoms with Crippen LogP contribution in [0.15, 0.2) is 29.2 Å². The van der Waals surface area contributed by atoms with Crippen molar-refractivity contribution in [2.75, 3.05) is 18.5 Å². The minimum Gasteiger partial charge on any atom is -0.462 e. The summed E-state index contributed by atoms with van der Waals surface area (Å²) in [6.45, 7) is 4.48. The van der Waals surface area contributed by atoms with Gasteiger partial charge in [0.05, 0.1) is 17.1 Å². The zero-order chi connectivity index (χ0) is 24.3. The Balaban J connectivity index is 1.56. The van der Waals surface area contributed by atoms with Crippen molar-refractivity contribution >= 4 is 38.2 Å². The van der Waals surface area contributed by atoms with Gasteiger partial charge in [-0.25, -0.2) is 13.2 Å². The third kappa shape index (κ3) is 5.06. The summed E-state index contributed by atoms with van der Waals surface area (Å²) in [6, 6.07) is 6.00. The van der Waals surface area contributed by atoms with E-state index in [0.717, 1.165) is 61.8 Å². The summed E-state index contributed by atoms with van der Waals surface area (Å²) < 4.78 is 33.0. The lowest BCUT2D eigenvalue weighted by Crippen LogP contribution is -2.41. The fourth-order valence-electron chi connectivity index (χ4n) is 4.77. The summed E-state index contributed by atoms with van der Waals surface area (Å²) in [6.07, 6.45) is 7.64. The van der Waals surface area contributed by atoms with Gasteiger partial charge in [-0.05, 0) is 82.2 Å². The van der Waals surface area contributed by atoms with Gasteiger partial charge in [0, 0.05) is 23.0 Å². The second-order valence-electron chi connectivity index (χ2n) is 8.93. The zero-order valence-corrected chi connectivity index (χ0v) is 21.4. The van der Waals surface area contributed by atoms with Gasteiger partial charge in [0.25, 0.3) is 5.91 Å². The molecule has 1 aliphatic heterocycles. The van der Waals surface area contributed by atoms with Crippen molar-refractivity contribution in [3.05, 3.63) is 45.8 Å². The standard InChI is InChI=1S/C25H32N2O5S2/c1-3-32-25(29)22-20-10-5-4-6-11-21(20)33-24(22)26-23(28)18-12-14-19(15-13-18)34(30,31)27-16-8-7-9-17(27)2/h12-15,17H,3-11,16H2,1-2H3,(H,26,28). The number of nitrogens with zero attached hydrogens (tertiary/aromatic N) is 1. The first-order valence-corrected chi connectivity index (χ1v) is 14.3.